The number of aromatic nitrogens is 3. The van der Waals surface area contributed by atoms with E-state index in [2.05, 4.69) is 12.0 Å². The van der Waals surface area contributed by atoms with E-state index >= 15 is 0 Å². The van der Waals surface area contributed by atoms with Crippen molar-refractivity contribution < 1.29 is 27.8 Å². The van der Waals surface area contributed by atoms with Gasteiger partial charge in [-0.2, -0.15) is 18.3 Å². The number of alkyl halides is 3. The maximum Gasteiger partial charge on any atom is 0.389 e. The van der Waals surface area contributed by atoms with Crippen LogP contribution in [0.25, 0.3) is 0 Å². The lowest BCUT2D eigenvalue weighted by molar-refractivity contribution is -0.152. The average Bonchev–Trinajstić information content (AvgIpc) is 2.83. The van der Waals surface area contributed by atoms with Crippen molar-refractivity contribution in [2.75, 3.05) is 0 Å². The minimum atomic E-state index is -4.36. The smallest absolute Gasteiger partial charge is 0.389 e. The quantitative estimate of drug-likeness (QED) is 0.296. The molecule has 0 aliphatic carbocycles. The molecule has 0 unspecified atom stereocenters. The van der Waals surface area contributed by atoms with Crippen molar-refractivity contribution in [3.63, 3.8) is 0 Å². The van der Waals surface area contributed by atoms with E-state index in [0.29, 0.717) is 37.9 Å². The highest BCUT2D eigenvalue weighted by atomic mass is 19.4. The molecule has 0 fully saturated rings. The molecule has 0 aliphatic rings. The van der Waals surface area contributed by atoms with E-state index in [9.17, 15) is 32.7 Å². The molecule has 0 aliphatic heterocycles. The van der Waals surface area contributed by atoms with E-state index in [4.69, 9.17) is 4.74 Å². The molecule has 1 aromatic carbocycles. The fourth-order valence-corrected chi connectivity index (χ4v) is 3.96. The van der Waals surface area contributed by atoms with Crippen LogP contribution in [0.15, 0.2) is 33.9 Å². The fraction of sp³-hybridized carbons (Fsp3) is 0.630. The summed E-state index contributed by atoms with van der Waals surface area (Å²) in [7, 11) is 0. The number of carboxylic acid groups (broad SMARTS) is 1. The maximum absolute atomic E-state index is 12.9. The van der Waals surface area contributed by atoms with Crippen molar-refractivity contribution in [3.05, 3.63) is 56.4 Å². The molecule has 0 bridgehead atoms. The number of halogens is 3. The van der Waals surface area contributed by atoms with Gasteiger partial charge in [-0.05, 0) is 70.1 Å². The molecular weight excluding hydrogens is 503 g/mol. The van der Waals surface area contributed by atoms with Gasteiger partial charge in [0.05, 0.1) is 0 Å². The Morgan fingerprint density at radius 3 is 2.37 bits per heavy atom. The van der Waals surface area contributed by atoms with Gasteiger partial charge < -0.3 is 9.84 Å². The Hall–Kier alpha value is -3.11. The van der Waals surface area contributed by atoms with E-state index < -0.39 is 35.4 Å². The average molecular weight is 542 g/mol. The van der Waals surface area contributed by atoms with Crippen molar-refractivity contribution in [2.45, 2.75) is 110 Å². The zero-order chi connectivity index (χ0) is 28.3. The van der Waals surface area contributed by atoms with Crippen LogP contribution in [0, 0.1) is 0 Å². The molecule has 212 valence electrons. The van der Waals surface area contributed by atoms with Gasteiger partial charge in [0.1, 0.15) is 11.4 Å². The summed E-state index contributed by atoms with van der Waals surface area (Å²) in [5.41, 5.74) is -1.54. The highest BCUT2D eigenvalue weighted by molar-refractivity contribution is 5.76. The molecule has 0 atom stereocenters. The Labute approximate surface area is 220 Å². The molecule has 38 heavy (non-hydrogen) atoms. The Morgan fingerprint density at radius 1 is 1.00 bits per heavy atom. The van der Waals surface area contributed by atoms with E-state index in [1.165, 1.54) is 18.5 Å². The first-order valence-electron chi connectivity index (χ1n) is 13.1. The predicted molar refractivity (Wildman–Crippen MR) is 138 cm³/mol. The third kappa shape index (κ3) is 9.98. The Morgan fingerprint density at radius 2 is 1.71 bits per heavy atom. The summed E-state index contributed by atoms with van der Waals surface area (Å²) < 4.78 is 45.5. The third-order valence-corrected chi connectivity index (χ3v) is 6.17. The minimum Gasteiger partial charge on any atom is -0.478 e. The molecule has 2 aromatic rings. The van der Waals surface area contributed by atoms with Crippen LogP contribution in [0.2, 0.25) is 0 Å². The molecule has 0 amide bonds. The summed E-state index contributed by atoms with van der Waals surface area (Å²) in [5.74, 6) is -0.642. The number of benzene rings is 1. The van der Waals surface area contributed by atoms with Gasteiger partial charge in [0, 0.05) is 19.5 Å². The number of unbranched alkanes of at least 4 members (excludes halogenated alkanes) is 4. The van der Waals surface area contributed by atoms with Crippen LogP contribution in [0.1, 0.15) is 83.4 Å². The van der Waals surface area contributed by atoms with Crippen LogP contribution < -0.4 is 16.0 Å². The zero-order valence-corrected chi connectivity index (χ0v) is 22.4. The van der Waals surface area contributed by atoms with Crippen LogP contribution in [0.5, 0.6) is 5.75 Å². The van der Waals surface area contributed by atoms with E-state index in [0.717, 1.165) is 29.4 Å². The lowest BCUT2D eigenvalue weighted by Crippen LogP contribution is -2.43. The van der Waals surface area contributed by atoms with Gasteiger partial charge in [-0.15, -0.1) is 0 Å². The second kappa shape index (κ2) is 14.2. The van der Waals surface area contributed by atoms with Gasteiger partial charge in [0.25, 0.3) is 5.56 Å². The molecule has 1 aromatic heterocycles. The van der Waals surface area contributed by atoms with Gasteiger partial charge in [-0.3, -0.25) is 9.36 Å². The Kier molecular flexibility index (Phi) is 11.6. The highest BCUT2D eigenvalue weighted by Gasteiger charge is 2.29. The van der Waals surface area contributed by atoms with E-state index in [1.807, 2.05) is 6.07 Å². The minimum absolute atomic E-state index is 0.207. The first-order valence-corrected chi connectivity index (χ1v) is 13.1. The molecule has 0 saturated carbocycles. The second-order valence-corrected chi connectivity index (χ2v) is 9.96. The van der Waals surface area contributed by atoms with Gasteiger partial charge in [0.15, 0.2) is 5.60 Å². The number of aliphatic carboxylic acids is 1. The fourth-order valence-electron chi connectivity index (χ4n) is 3.96. The molecule has 11 heteroatoms. The number of rotatable bonds is 16. The molecule has 0 radical (unpaired) electrons. The van der Waals surface area contributed by atoms with Gasteiger partial charge in [-0.25, -0.2) is 14.3 Å². The highest BCUT2D eigenvalue weighted by Crippen LogP contribution is 2.22. The molecule has 2 rings (SSSR count). The lowest BCUT2D eigenvalue weighted by atomic mass is 10.1. The number of aryl methyl sites for hydroxylation is 3. The van der Waals surface area contributed by atoms with Crippen LogP contribution in [0.3, 0.4) is 0 Å². The van der Waals surface area contributed by atoms with Crippen molar-refractivity contribution >= 4 is 5.97 Å². The second-order valence-electron chi connectivity index (χ2n) is 9.96. The van der Waals surface area contributed by atoms with Crippen LogP contribution >= 0.6 is 0 Å². The number of carbonyl (C=O) groups is 1. The van der Waals surface area contributed by atoms with Gasteiger partial charge in [0.2, 0.25) is 0 Å². The number of carboxylic acids is 1. The molecule has 1 heterocycles. The number of hydrogen-bond acceptors (Lipinski definition) is 5. The largest absolute Gasteiger partial charge is 0.478 e. The molecule has 8 nitrogen and oxygen atoms in total. The van der Waals surface area contributed by atoms with E-state index in [-0.39, 0.29) is 25.2 Å². The lowest BCUT2D eigenvalue weighted by Gasteiger charge is -2.21. The van der Waals surface area contributed by atoms with Crippen LogP contribution in [-0.4, -0.2) is 37.2 Å². The summed E-state index contributed by atoms with van der Waals surface area (Å²) in [6.07, 6.45) is 0.0738. The van der Waals surface area contributed by atoms with Crippen LogP contribution in [-0.2, 0) is 30.7 Å². The van der Waals surface area contributed by atoms with Crippen molar-refractivity contribution in [1.29, 1.82) is 0 Å². The summed E-state index contributed by atoms with van der Waals surface area (Å²) in [5, 5.41) is 13.5. The van der Waals surface area contributed by atoms with E-state index in [1.54, 1.807) is 18.2 Å². The number of hydrogen-bond donors (Lipinski definition) is 1. The zero-order valence-electron chi connectivity index (χ0n) is 22.4. The summed E-state index contributed by atoms with van der Waals surface area (Å²) >= 11 is 0. The van der Waals surface area contributed by atoms with Gasteiger partial charge >= 0.3 is 17.8 Å². The Balaban J connectivity index is 2.09. The molecule has 1 N–H and O–H groups in total. The topological polar surface area (TPSA) is 103 Å². The van der Waals surface area contributed by atoms with Gasteiger partial charge in [-0.1, -0.05) is 38.3 Å². The summed E-state index contributed by atoms with van der Waals surface area (Å²) in [6.45, 7) is 4.91. The predicted octanol–water partition coefficient (Wildman–Crippen LogP) is 5.14. The van der Waals surface area contributed by atoms with Crippen molar-refractivity contribution in [2.24, 2.45) is 0 Å². The van der Waals surface area contributed by atoms with Crippen molar-refractivity contribution in [1.82, 2.24) is 14.3 Å². The van der Waals surface area contributed by atoms with Crippen LogP contribution in [0.4, 0.5) is 13.2 Å². The maximum atomic E-state index is 12.9. The first kappa shape index (κ1) is 31.1. The SMILES string of the molecule is CCCCCCc1nn(CCCCc2cccc(OC(C)(C)C(=O)O)c2)c(=O)n(CCCC(F)(F)F)c1=O. The molecular formula is C27H38F3N3O5. The van der Waals surface area contributed by atoms with Crippen molar-refractivity contribution in [3.8, 4) is 5.75 Å². The summed E-state index contributed by atoms with van der Waals surface area (Å²) in [6, 6.07) is 7.11. The number of nitrogens with zero attached hydrogens (tertiary/aromatic N) is 3. The Bertz CT molecular complexity index is 1170. The first-order chi connectivity index (χ1) is 17.8. The monoisotopic (exact) mass is 541 g/mol. The standard InChI is InChI=1S/C27H38F3N3O5/c1-4-5-6-7-15-22-23(34)32(17-11-16-27(28,29)30)25(37)33(31-22)18-9-8-12-20-13-10-14-21(19-20)38-26(2,3)24(35)36/h10,13-14,19H,4-9,11-12,15-18H2,1-3H3,(H,35,36). The molecule has 0 spiro atoms. The molecule has 0 saturated heterocycles. The summed E-state index contributed by atoms with van der Waals surface area (Å²) in [4.78, 5) is 37.0. The third-order valence-electron chi connectivity index (χ3n) is 6.17. The number of ether oxygens (including phenoxy) is 1. The normalized spacial score (nSPS) is 12.1.